The minimum Gasteiger partial charge on any atom is -0.338 e. The average Bonchev–Trinajstić information content (AvgIpc) is 3.52. The predicted octanol–water partition coefficient (Wildman–Crippen LogP) is 5.61. The van der Waals surface area contributed by atoms with Crippen molar-refractivity contribution in [1.82, 2.24) is 35.1 Å². The number of anilines is 1. The van der Waals surface area contributed by atoms with E-state index in [1.807, 2.05) is 63.2 Å². The molecule has 0 aliphatic carbocycles. The Labute approximate surface area is 212 Å². The number of pyridine rings is 4. The maximum absolute atomic E-state index is 12.4. The second-order valence-corrected chi connectivity index (χ2v) is 9.87. The fraction of sp³-hybridized carbons (Fsp3) is 0.143. The average molecular weight is 489 g/mol. The van der Waals surface area contributed by atoms with Gasteiger partial charge in [0.05, 0.1) is 28.8 Å². The van der Waals surface area contributed by atoms with Crippen molar-refractivity contribution in [2.24, 2.45) is 5.41 Å². The highest BCUT2D eigenvalue weighted by atomic mass is 16.2. The Morgan fingerprint density at radius 2 is 1.76 bits per heavy atom. The van der Waals surface area contributed by atoms with Crippen LogP contribution < -0.4 is 5.32 Å². The molecule has 9 nitrogen and oxygen atoms in total. The third kappa shape index (κ3) is 4.20. The second kappa shape index (κ2) is 8.63. The van der Waals surface area contributed by atoms with Crippen molar-refractivity contribution < 1.29 is 4.79 Å². The van der Waals surface area contributed by atoms with Gasteiger partial charge in [0.15, 0.2) is 0 Å². The van der Waals surface area contributed by atoms with Gasteiger partial charge in [-0.05, 0) is 53.6 Å². The monoisotopic (exact) mass is 488 g/mol. The summed E-state index contributed by atoms with van der Waals surface area (Å²) in [6.45, 7) is 5.61. The molecule has 0 bridgehead atoms. The largest absolute Gasteiger partial charge is 0.338 e. The van der Waals surface area contributed by atoms with E-state index in [-0.39, 0.29) is 5.91 Å². The number of carbonyl (C=O) groups excluding carboxylic acids is 1. The molecule has 182 valence electrons. The van der Waals surface area contributed by atoms with Gasteiger partial charge >= 0.3 is 0 Å². The normalized spacial score (nSPS) is 11.8. The van der Waals surface area contributed by atoms with Gasteiger partial charge in [0.2, 0.25) is 5.91 Å². The smallest absolute Gasteiger partial charge is 0.229 e. The fourth-order valence-electron chi connectivity index (χ4n) is 4.15. The Kier molecular flexibility index (Phi) is 5.26. The Morgan fingerprint density at radius 1 is 0.919 bits per heavy atom. The Hall–Kier alpha value is -4.92. The van der Waals surface area contributed by atoms with Crippen LogP contribution in [0.25, 0.3) is 55.8 Å². The van der Waals surface area contributed by atoms with Crippen LogP contribution in [0, 0.1) is 5.41 Å². The van der Waals surface area contributed by atoms with Crippen molar-refractivity contribution in [1.29, 1.82) is 0 Å². The zero-order chi connectivity index (χ0) is 25.6. The summed E-state index contributed by atoms with van der Waals surface area (Å²) in [6.07, 6.45) is 8.71. The Balaban J connectivity index is 1.40. The minimum atomic E-state index is -0.509. The Morgan fingerprint density at radius 3 is 2.57 bits per heavy atom. The summed E-state index contributed by atoms with van der Waals surface area (Å²) in [4.78, 5) is 33.7. The molecule has 9 heteroatoms. The SMILES string of the molecule is CC(C)(C)C(=O)Nc1cncc(-c2ccc3[nH]nc(-c4cc5c(-c6ccncc6)ccnc5[nH]4)c3n2)c1. The van der Waals surface area contributed by atoms with Crippen molar-refractivity contribution in [2.45, 2.75) is 20.8 Å². The molecule has 0 spiro atoms. The van der Waals surface area contributed by atoms with Gasteiger partial charge in [-0.2, -0.15) is 5.10 Å². The van der Waals surface area contributed by atoms with Crippen LogP contribution in [0.2, 0.25) is 0 Å². The third-order valence-electron chi connectivity index (χ3n) is 6.16. The first-order valence-electron chi connectivity index (χ1n) is 11.9. The number of hydrogen-bond donors (Lipinski definition) is 3. The molecule has 3 N–H and O–H groups in total. The Bertz CT molecular complexity index is 1760. The standard InChI is InChI=1S/C28H24N8O/c1-28(2,3)27(37)32-18-12-17(14-30-15-18)21-4-5-22-24(33-21)25(36-35-22)23-13-20-19(8-11-31-26(20)34-23)16-6-9-29-10-7-16/h4-15H,1-3H3,(H,31,34)(H,32,37)(H,35,36). The lowest BCUT2D eigenvalue weighted by Crippen LogP contribution is -2.27. The maximum atomic E-state index is 12.4. The molecule has 0 aromatic carbocycles. The number of nitrogens with zero attached hydrogens (tertiary/aromatic N) is 5. The molecule has 0 unspecified atom stereocenters. The van der Waals surface area contributed by atoms with Gasteiger partial charge in [0, 0.05) is 41.2 Å². The summed E-state index contributed by atoms with van der Waals surface area (Å²) in [5, 5.41) is 11.5. The summed E-state index contributed by atoms with van der Waals surface area (Å²) < 4.78 is 0. The highest BCUT2D eigenvalue weighted by molar-refractivity contribution is 5.99. The van der Waals surface area contributed by atoms with Crippen LogP contribution in [0.15, 0.2) is 73.4 Å². The van der Waals surface area contributed by atoms with E-state index >= 15 is 0 Å². The van der Waals surface area contributed by atoms with Crippen LogP contribution >= 0.6 is 0 Å². The van der Waals surface area contributed by atoms with E-state index < -0.39 is 5.41 Å². The number of amides is 1. The number of nitrogens with one attached hydrogen (secondary N) is 3. The number of aromatic amines is 2. The lowest BCUT2D eigenvalue weighted by Gasteiger charge is -2.17. The van der Waals surface area contributed by atoms with Crippen LogP contribution in [-0.4, -0.2) is 41.0 Å². The number of hydrogen-bond acceptors (Lipinski definition) is 6. The first-order valence-corrected chi connectivity index (χ1v) is 11.9. The zero-order valence-electron chi connectivity index (χ0n) is 20.6. The van der Waals surface area contributed by atoms with Crippen molar-refractivity contribution in [3.63, 3.8) is 0 Å². The number of rotatable bonds is 4. The van der Waals surface area contributed by atoms with Crippen LogP contribution in [0.1, 0.15) is 20.8 Å². The van der Waals surface area contributed by atoms with E-state index in [1.54, 1.807) is 31.0 Å². The summed E-state index contributed by atoms with van der Waals surface area (Å²) in [5.74, 6) is -0.0782. The van der Waals surface area contributed by atoms with Crippen LogP contribution in [-0.2, 0) is 4.79 Å². The molecule has 6 heterocycles. The first kappa shape index (κ1) is 22.5. The molecule has 37 heavy (non-hydrogen) atoms. The number of fused-ring (bicyclic) bond motifs is 2. The number of H-pyrrole nitrogens is 2. The molecule has 1 amide bonds. The van der Waals surface area contributed by atoms with Gasteiger partial charge < -0.3 is 10.3 Å². The number of aromatic nitrogens is 7. The molecule has 0 radical (unpaired) electrons. The lowest BCUT2D eigenvalue weighted by atomic mass is 9.95. The molecule has 0 atom stereocenters. The van der Waals surface area contributed by atoms with Crippen molar-refractivity contribution in [2.75, 3.05) is 5.32 Å². The second-order valence-electron chi connectivity index (χ2n) is 9.87. The zero-order valence-corrected chi connectivity index (χ0v) is 20.6. The molecule has 6 aromatic rings. The topological polar surface area (TPSA) is 125 Å². The predicted molar refractivity (Wildman–Crippen MR) is 144 cm³/mol. The summed E-state index contributed by atoms with van der Waals surface area (Å²) >= 11 is 0. The van der Waals surface area contributed by atoms with Gasteiger partial charge in [-0.1, -0.05) is 20.8 Å². The molecule has 0 saturated heterocycles. The first-order chi connectivity index (χ1) is 17.9. The molecular weight excluding hydrogens is 464 g/mol. The van der Waals surface area contributed by atoms with E-state index in [1.165, 1.54) is 0 Å². The summed E-state index contributed by atoms with van der Waals surface area (Å²) in [5.41, 5.74) is 7.55. The van der Waals surface area contributed by atoms with E-state index in [0.717, 1.165) is 50.1 Å². The molecule has 0 aliphatic heterocycles. The van der Waals surface area contributed by atoms with Crippen molar-refractivity contribution >= 4 is 33.7 Å². The lowest BCUT2D eigenvalue weighted by molar-refractivity contribution is -0.123. The van der Waals surface area contributed by atoms with E-state index in [2.05, 4.69) is 35.5 Å². The van der Waals surface area contributed by atoms with Gasteiger partial charge in [-0.25, -0.2) is 9.97 Å². The van der Waals surface area contributed by atoms with E-state index in [4.69, 9.17) is 4.98 Å². The van der Waals surface area contributed by atoms with Gasteiger partial charge in [-0.15, -0.1) is 0 Å². The van der Waals surface area contributed by atoms with Crippen LogP contribution in [0.5, 0.6) is 0 Å². The van der Waals surface area contributed by atoms with Gasteiger partial charge in [0.25, 0.3) is 0 Å². The van der Waals surface area contributed by atoms with Crippen LogP contribution in [0.4, 0.5) is 5.69 Å². The highest BCUT2D eigenvalue weighted by Crippen LogP contribution is 2.33. The van der Waals surface area contributed by atoms with Crippen molar-refractivity contribution in [3.8, 4) is 33.8 Å². The number of carbonyl (C=O) groups is 1. The van der Waals surface area contributed by atoms with Crippen molar-refractivity contribution in [3.05, 3.63) is 73.4 Å². The minimum absolute atomic E-state index is 0.0782. The summed E-state index contributed by atoms with van der Waals surface area (Å²) in [6, 6.07) is 13.7. The molecular formula is C28H24N8O. The molecule has 0 fully saturated rings. The molecule has 6 rings (SSSR count). The molecule has 0 aliphatic rings. The van der Waals surface area contributed by atoms with E-state index in [9.17, 15) is 4.79 Å². The van der Waals surface area contributed by atoms with Gasteiger partial charge in [-0.3, -0.25) is 19.9 Å². The fourth-order valence-corrected chi connectivity index (χ4v) is 4.15. The molecule has 6 aromatic heterocycles. The van der Waals surface area contributed by atoms with Crippen LogP contribution in [0.3, 0.4) is 0 Å². The third-order valence-corrected chi connectivity index (χ3v) is 6.16. The summed E-state index contributed by atoms with van der Waals surface area (Å²) in [7, 11) is 0. The highest BCUT2D eigenvalue weighted by Gasteiger charge is 2.21. The van der Waals surface area contributed by atoms with E-state index in [0.29, 0.717) is 11.4 Å². The molecule has 0 saturated carbocycles. The quantitative estimate of drug-likeness (QED) is 0.296. The van der Waals surface area contributed by atoms with Gasteiger partial charge in [0.1, 0.15) is 16.9 Å². The maximum Gasteiger partial charge on any atom is 0.229 e.